The predicted molar refractivity (Wildman–Crippen MR) is 120 cm³/mol. The Balaban J connectivity index is 2.12. The van der Waals surface area contributed by atoms with Crippen LogP contribution in [0.25, 0.3) is 22.9 Å². The highest BCUT2D eigenvalue weighted by molar-refractivity contribution is 7.17. The molecule has 0 spiro atoms. The number of carbonyl (C=O) groups is 1. The van der Waals surface area contributed by atoms with Crippen LogP contribution in [-0.4, -0.2) is 25.1 Å². The zero-order chi connectivity index (χ0) is 21.7. The summed E-state index contributed by atoms with van der Waals surface area (Å²) >= 11 is 1.26. The van der Waals surface area contributed by atoms with E-state index in [1.165, 1.54) is 18.3 Å². The molecule has 0 aliphatic carbocycles. The number of aromatic nitrogens is 1. The number of nitriles is 1. The molecule has 2 aromatic carbocycles. The van der Waals surface area contributed by atoms with Gasteiger partial charge < -0.3 is 14.8 Å². The van der Waals surface area contributed by atoms with Crippen molar-refractivity contribution in [3.63, 3.8) is 0 Å². The fraction of sp³-hybridized carbons (Fsp3) is 0.174. The number of nitrogens with one attached hydrogen (secondary N) is 1. The topological polar surface area (TPSA) is 84.2 Å². The number of benzene rings is 2. The first-order valence-electron chi connectivity index (χ1n) is 9.15. The fourth-order valence-electron chi connectivity index (χ4n) is 2.91. The predicted octanol–water partition coefficient (Wildman–Crippen LogP) is 5.16. The molecule has 7 heteroatoms. The lowest BCUT2D eigenvalue weighted by molar-refractivity contribution is -0.114. The number of nitrogens with zero attached hydrogens (tertiary/aromatic N) is 2. The minimum atomic E-state index is -0.199. The van der Waals surface area contributed by atoms with Gasteiger partial charge in [-0.2, -0.15) is 5.26 Å². The first-order chi connectivity index (χ1) is 14.5. The standard InChI is InChI=1S/C23H21N3O3S/c1-14-8-10-16(11-9-14)20-23(25-15(2)27)30-22(26-20)18(13-24)12-17-6-5-7-19(28-3)21(17)29-4/h5-12H,1-4H3,(H,25,27)/b18-12+. The maximum atomic E-state index is 11.7. The van der Waals surface area contributed by atoms with Crippen LogP contribution in [0.15, 0.2) is 42.5 Å². The number of hydrogen-bond donors (Lipinski definition) is 1. The monoisotopic (exact) mass is 419 g/mol. The van der Waals surface area contributed by atoms with Crippen molar-refractivity contribution in [1.29, 1.82) is 5.26 Å². The smallest absolute Gasteiger partial charge is 0.221 e. The summed E-state index contributed by atoms with van der Waals surface area (Å²) in [7, 11) is 3.11. The summed E-state index contributed by atoms with van der Waals surface area (Å²) in [6.07, 6.45) is 1.71. The van der Waals surface area contributed by atoms with E-state index in [1.807, 2.05) is 43.3 Å². The normalized spacial score (nSPS) is 11.0. The van der Waals surface area contributed by atoms with Crippen molar-refractivity contribution >= 4 is 33.9 Å². The van der Waals surface area contributed by atoms with Gasteiger partial charge in [0.2, 0.25) is 5.91 Å². The van der Waals surface area contributed by atoms with Crippen molar-refractivity contribution in [2.45, 2.75) is 13.8 Å². The van der Waals surface area contributed by atoms with Crippen LogP contribution in [0.1, 0.15) is 23.1 Å². The zero-order valence-corrected chi connectivity index (χ0v) is 18.0. The van der Waals surface area contributed by atoms with Crippen LogP contribution >= 0.6 is 11.3 Å². The highest BCUT2D eigenvalue weighted by Crippen LogP contribution is 2.38. The van der Waals surface area contributed by atoms with Crippen LogP contribution in [0.4, 0.5) is 5.00 Å². The van der Waals surface area contributed by atoms with E-state index in [9.17, 15) is 10.1 Å². The minimum absolute atomic E-state index is 0.199. The number of hydrogen-bond acceptors (Lipinski definition) is 6. The number of para-hydroxylation sites is 1. The molecular formula is C23H21N3O3S. The number of methoxy groups -OCH3 is 2. The molecule has 0 radical (unpaired) electrons. The molecule has 0 bridgehead atoms. The Morgan fingerprint density at radius 3 is 2.50 bits per heavy atom. The van der Waals surface area contributed by atoms with Gasteiger partial charge in [0.25, 0.3) is 0 Å². The highest BCUT2D eigenvalue weighted by Gasteiger charge is 2.18. The maximum Gasteiger partial charge on any atom is 0.221 e. The number of rotatable bonds is 6. The third-order valence-electron chi connectivity index (χ3n) is 4.33. The Hall–Kier alpha value is -3.63. The summed E-state index contributed by atoms with van der Waals surface area (Å²) in [6.45, 7) is 3.45. The van der Waals surface area contributed by atoms with E-state index < -0.39 is 0 Å². The molecule has 3 aromatic rings. The summed E-state index contributed by atoms with van der Waals surface area (Å²) in [6, 6.07) is 15.5. The lowest BCUT2D eigenvalue weighted by atomic mass is 10.1. The van der Waals surface area contributed by atoms with Crippen molar-refractivity contribution in [3.8, 4) is 28.8 Å². The second kappa shape index (κ2) is 9.25. The third-order valence-corrected chi connectivity index (χ3v) is 5.33. The lowest BCUT2D eigenvalue weighted by Gasteiger charge is -2.10. The molecule has 152 valence electrons. The molecular weight excluding hydrogens is 398 g/mol. The Bertz CT molecular complexity index is 1140. The Morgan fingerprint density at radius 2 is 1.90 bits per heavy atom. The molecule has 0 saturated heterocycles. The molecule has 0 atom stereocenters. The van der Waals surface area contributed by atoms with Crippen LogP contribution < -0.4 is 14.8 Å². The van der Waals surface area contributed by atoms with Gasteiger partial charge in [0.1, 0.15) is 21.8 Å². The summed E-state index contributed by atoms with van der Waals surface area (Å²) < 4.78 is 10.8. The van der Waals surface area contributed by atoms with Gasteiger partial charge in [-0.3, -0.25) is 4.79 Å². The van der Waals surface area contributed by atoms with Gasteiger partial charge in [0, 0.05) is 18.1 Å². The average molecular weight is 420 g/mol. The molecule has 0 saturated carbocycles. The molecule has 1 heterocycles. The first kappa shape index (κ1) is 21.1. The van der Waals surface area contributed by atoms with Crippen LogP contribution in [0.3, 0.4) is 0 Å². The molecule has 1 amide bonds. The molecule has 30 heavy (non-hydrogen) atoms. The number of amides is 1. The molecule has 0 aliphatic heterocycles. The SMILES string of the molecule is COc1cccc(/C=C(\C#N)c2nc(-c3ccc(C)cc3)c(NC(C)=O)s2)c1OC. The van der Waals surface area contributed by atoms with Gasteiger partial charge in [-0.05, 0) is 19.1 Å². The van der Waals surface area contributed by atoms with E-state index in [1.54, 1.807) is 26.4 Å². The van der Waals surface area contributed by atoms with Crippen molar-refractivity contribution < 1.29 is 14.3 Å². The Morgan fingerprint density at radius 1 is 1.17 bits per heavy atom. The minimum Gasteiger partial charge on any atom is -0.493 e. The van der Waals surface area contributed by atoms with E-state index in [4.69, 9.17) is 9.47 Å². The average Bonchev–Trinajstić information content (AvgIpc) is 3.14. The van der Waals surface area contributed by atoms with Gasteiger partial charge in [-0.15, -0.1) is 0 Å². The van der Waals surface area contributed by atoms with Crippen LogP contribution in [0.2, 0.25) is 0 Å². The van der Waals surface area contributed by atoms with E-state index in [0.29, 0.717) is 38.3 Å². The van der Waals surface area contributed by atoms with Gasteiger partial charge in [-0.25, -0.2) is 4.98 Å². The van der Waals surface area contributed by atoms with Gasteiger partial charge in [0.15, 0.2) is 11.5 Å². The van der Waals surface area contributed by atoms with Crippen molar-refractivity contribution in [2.75, 3.05) is 19.5 Å². The second-order valence-corrected chi connectivity index (χ2v) is 7.50. The molecule has 0 unspecified atom stereocenters. The molecule has 1 aromatic heterocycles. The highest BCUT2D eigenvalue weighted by atomic mass is 32.1. The Labute approximate surface area is 179 Å². The summed E-state index contributed by atoms with van der Waals surface area (Å²) in [4.78, 5) is 16.4. The van der Waals surface area contributed by atoms with Crippen molar-refractivity contribution in [1.82, 2.24) is 4.98 Å². The molecule has 3 rings (SSSR count). The number of ether oxygens (including phenoxy) is 2. The first-order valence-corrected chi connectivity index (χ1v) is 9.97. The quantitative estimate of drug-likeness (QED) is 0.558. The summed E-state index contributed by atoms with van der Waals surface area (Å²) in [5, 5.41) is 13.7. The van der Waals surface area contributed by atoms with Crippen LogP contribution in [-0.2, 0) is 4.79 Å². The maximum absolute atomic E-state index is 11.7. The number of anilines is 1. The summed E-state index contributed by atoms with van der Waals surface area (Å²) in [5.41, 5.74) is 3.67. The van der Waals surface area contributed by atoms with Crippen LogP contribution in [0, 0.1) is 18.3 Å². The molecule has 1 N–H and O–H groups in total. The fourth-order valence-corrected chi connectivity index (χ4v) is 3.91. The zero-order valence-electron chi connectivity index (χ0n) is 17.1. The largest absolute Gasteiger partial charge is 0.493 e. The number of allylic oxidation sites excluding steroid dienone is 1. The van der Waals surface area contributed by atoms with Gasteiger partial charge >= 0.3 is 0 Å². The van der Waals surface area contributed by atoms with E-state index >= 15 is 0 Å². The Kier molecular flexibility index (Phi) is 6.50. The van der Waals surface area contributed by atoms with Gasteiger partial charge in [-0.1, -0.05) is 53.3 Å². The molecule has 0 aliphatic rings. The third kappa shape index (κ3) is 4.50. The second-order valence-electron chi connectivity index (χ2n) is 6.50. The van der Waals surface area contributed by atoms with E-state index in [-0.39, 0.29) is 5.91 Å². The lowest BCUT2D eigenvalue weighted by Crippen LogP contribution is -2.05. The van der Waals surface area contributed by atoms with Crippen molar-refractivity contribution in [3.05, 3.63) is 58.6 Å². The van der Waals surface area contributed by atoms with Gasteiger partial charge in [0.05, 0.1) is 19.8 Å². The number of thiazole rings is 1. The van der Waals surface area contributed by atoms with E-state index in [0.717, 1.165) is 11.1 Å². The number of carbonyl (C=O) groups excluding carboxylic acids is 1. The van der Waals surface area contributed by atoms with Crippen LogP contribution in [0.5, 0.6) is 11.5 Å². The number of aryl methyl sites for hydroxylation is 1. The summed E-state index contributed by atoms with van der Waals surface area (Å²) in [5.74, 6) is 0.905. The van der Waals surface area contributed by atoms with Crippen molar-refractivity contribution in [2.24, 2.45) is 0 Å². The van der Waals surface area contributed by atoms with E-state index in [2.05, 4.69) is 16.4 Å². The molecule has 0 fully saturated rings. The molecule has 6 nitrogen and oxygen atoms in total.